The predicted octanol–water partition coefficient (Wildman–Crippen LogP) is 4.78. The third kappa shape index (κ3) is 3.08. The van der Waals surface area contributed by atoms with Crippen molar-refractivity contribution in [2.75, 3.05) is 10.2 Å². The molecular weight excluding hydrogens is 375 g/mol. The molecule has 1 aliphatic heterocycles. The summed E-state index contributed by atoms with van der Waals surface area (Å²) >= 11 is 0. The number of fused-ring (bicyclic) bond motifs is 1. The lowest BCUT2D eigenvalue weighted by atomic mass is 9.86. The van der Waals surface area contributed by atoms with Gasteiger partial charge in [0.25, 0.3) is 5.91 Å². The molecule has 6 nitrogen and oxygen atoms in total. The summed E-state index contributed by atoms with van der Waals surface area (Å²) < 4.78 is 23.7. The van der Waals surface area contributed by atoms with E-state index in [9.17, 15) is 18.7 Å². The second-order valence-electron chi connectivity index (χ2n) is 8.02. The fourth-order valence-corrected chi connectivity index (χ4v) is 3.78. The Morgan fingerprint density at radius 2 is 1.75 bits per heavy atom. The molecule has 2 amide bonds. The number of nitrogens with one attached hydrogen (secondary N) is 1. The van der Waals surface area contributed by atoms with Crippen LogP contribution < -0.4 is 10.2 Å². The normalized spacial score (nSPS) is 15.3. The van der Waals surface area contributed by atoms with Gasteiger partial charge in [-0.3, -0.25) is 14.5 Å². The van der Waals surface area contributed by atoms with Crippen LogP contribution in [0.1, 0.15) is 49.2 Å². The van der Waals surface area contributed by atoms with Gasteiger partial charge in [-0.25, -0.2) is 9.13 Å². The van der Waals surface area contributed by atoms with Gasteiger partial charge in [-0.05, 0) is 63.9 Å². The van der Waals surface area contributed by atoms with Crippen molar-refractivity contribution in [2.24, 2.45) is 0 Å². The Labute approximate surface area is 164 Å². The van der Waals surface area contributed by atoms with Crippen LogP contribution in [0.5, 0.6) is 0 Å². The predicted molar refractivity (Wildman–Crippen MR) is 108 cm³/mol. The highest BCUT2D eigenvalue weighted by molar-refractivity contribution is 7.33. The molecule has 1 heterocycles. The number of anilines is 2. The molecule has 28 heavy (non-hydrogen) atoms. The average Bonchev–Trinajstić information content (AvgIpc) is 2.83. The average molecular weight is 398 g/mol. The van der Waals surface area contributed by atoms with Gasteiger partial charge in [0.2, 0.25) is 5.91 Å². The van der Waals surface area contributed by atoms with E-state index < -0.39 is 18.4 Å². The van der Waals surface area contributed by atoms with Crippen molar-refractivity contribution in [3.05, 3.63) is 59.2 Å². The number of amides is 2. The molecule has 0 aromatic heterocycles. The van der Waals surface area contributed by atoms with Gasteiger partial charge in [-0.15, -0.1) is 0 Å². The molecule has 146 valence electrons. The standard InChI is InChI=1S/C21H23N2O4P/c1-13-8-6-7-9-16(13)22-18(24)14-10-11-15-17(12-14)23(19(25)20(15,2)3)21(4,5)28(26)27/h6-12H,1-5H3,(H,22,24). The monoisotopic (exact) mass is 398 g/mol. The highest BCUT2D eigenvalue weighted by Gasteiger charge is 2.51. The van der Waals surface area contributed by atoms with E-state index in [1.807, 2.05) is 31.2 Å². The molecule has 0 aliphatic carbocycles. The van der Waals surface area contributed by atoms with Crippen LogP contribution in [0.4, 0.5) is 11.4 Å². The Hall–Kier alpha value is -2.72. The molecule has 3 rings (SSSR count). The summed E-state index contributed by atoms with van der Waals surface area (Å²) in [6, 6.07) is 12.4. The van der Waals surface area contributed by atoms with E-state index in [4.69, 9.17) is 0 Å². The van der Waals surface area contributed by atoms with Crippen LogP contribution in [-0.4, -0.2) is 17.1 Å². The summed E-state index contributed by atoms with van der Waals surface area (Å²) in [6.45, 7) is 8.39. The first kappa shape index (κ1) is 20.0. The van der Waals surface area contributed by atoms with Gasteiger partial charge in [0.1, 0.15) is 0 Å². The van der Waals surface area contributed by atoms with Gasteiger partial charge in [-0.1, -0.05) is 24.3 Å². The van der Waals surface area contributed by atoms with Crippen molar-refractivity contribution >= 4 is 30.9 Å². The Bertz CT molecular complexity index is 1050. The summed E-state index contributed by atoms with van der Waals surface area (Å²) in [5, 5.41) is 1.46. The zero-order chi connectivity index (χ0) is 20.9. The zero-order valence-electron chi connectivity index (χ0n) is 16.6. The topological polar surface area (TPSA) is 83.6 Å². The maximum atomic E-state index is 13.0. The van der Waals surface area contributed by atoms with E-state index in [0.717, 1.165) is 5.56 Å². The molecule has 7 heteroatoms. The summed E-state index contributed by atoms with van der Waals surface area (Å²) in [4.78, 5) is 27.1. The van der Waals surface area contributed by atoms with Gasteiger partial charge in [-0.2, -0.15) is 0 Å². The van der Waals surface area contributed by atoms with Crippen molar-refractivity contribution in [2.45, 2.75) is 45.3 Å². The molecule has 0 saturated carbocycles. The molecule has 0 bridgehead atoms. The first-order chi connectivity index (χ1) is 13.0. The maximum absolute atomic E-state index is 13.0. The lowest BCUT2D eigenvalue weighted by Gasteiger charge is -2.30. The summed E-state index contributed by atoms with van der Waals surface area (Å²) in [5.41, 5.74) is 2.27. The van der Waals surface area contributed by atoms with E-state index in [1.165, 1.54) is 18.7 Å². The molecule has 2 aromatic rings. The number of hydrogen-bond donors (Lipinski definition) is 1. The lowest BCUT2D eigenvalue weighted by Crippen LogP contribution is -2.46. The minimum atomic E-state index is -2.91. The molecule has 0 fully saturated rings. The first-order valence-electron chi connectivity index (χ1n) is 8.98. The van der Waals surface area contributed by atoms with E-state index >= 15 is 0 Å². The highest BCUT2D eigenvalue weighted by Crippen LogP contribution is 2.48. The van der Waals surface area contributed by atoms with Crippen LogP contribution in [-0.2, 0) is 19.3 Å². The fraction of sp³-hybridized carbons (Fsp3) is 0.333. The van der Waals surface area contributed by atoms with Crippen molar-refractivity contribution in [3.8, 4) is 0 Å². The maximum Gasteiger partial charge on any atom is 0.341 e. The van der Waals surface area contributed by atoms with E-state index in [0.29, 0.717) is 22.5 Å². The van der Waals surface area contributed by atoms with E-state index in [-0.39, 0.29) is 11.8 Å². The van der Waals surface area contributed by atoms with Gasteiger partial charge >= 0.3 is 7.68 Å². The summed E-state index contributed by atoms with van der Waals surface area (Å²) in [5.74, 6) is -0.623. The molecule has 0 saturated heterocycles. The fourth-order valence-electron chi connectivity index (χ4n) is 3.42. The Kier molecular flexibility index (Phi) is 4.80. The Balaban J connectivity index is 2.06. The first-order valence-corrected chi connectivity index (χ1v) is 10.2. The number of aryl methyl sites for hydroxylation is 1. The third-order valence-corrected chi connectivity index (χ3v) is 6.39. The quantitative estimate of drug-likeness (QED) is 0.751. The van der Waals surface area contributed by atoms with Crippen molar-refractivity contribution in [3.63, 3.8) is 0 Å². The third-order valence-electron chi connectivity index (χ3n) is 5.30. The second-order valence-corrected chi connectivity index (χ2v) is 9.63. The molecule has 0 unspecified atom stereocenters. The van der Waals surface area contributed by atoms with Crippen molar-refractivity contribution < 1.29 is 18.7 Å². The van der Waals surface area contributed by atoms with Gasteiger partial charge in [0.05, 0.1) is 11.1 Å². The minimum Gasteiger partial charge on any atom is -0.322 e. The van der Waals surface area contributed by atoms with Crippen LogP contribution in [0.3, 0.4) is 0 Å². The number of para-hydroxylation sites is 1. The molecule has 0 atom stereocenters. The molecule has 0 radical (unpaired) electrons. The van der Waals surface area contributed by atoms with Crippen LogP contribution in [0.15, 0.2) is 42.5 Å². The Morgan fingerprint density at radius 1 is 1.11 bits per heavy atom. The highest BCUT2D eigenvalue weighted by atomic mass is 31.1. The lowest BCUT2D eigenvalue weighted by molar-refractivity contribution is -0.122. The molecule has 1 aliphatic rings. The van der Waals surface area contributed by atoms with E-state index in [2.05, 4.69) is 5.32 Å². The van der Waals surface area contributed by atoms with Crippen LogP contribution in [0.2, 0.25) is 0 Å². The van der Waals surface area contributed by atoms with E-state index in [1.54, 1.807) is 32.0 Å². The van der Waals surface area contributed by atoms with Crippen LogP contribution in [0.25, 0.3) is 0 Å². The molecule has 2 aromatic carbocycles. The molecule has 1 N–H and O–H groups in total. The second kappa shape index (κ2) is 6.71. The summed E-state index contributed by atoms with van der Waals surface area (Å²) in [6.07, 6.45) is 0. The van der Waals surface area contributed by atoms with Gasteiger partial charge in [0, 0.05) is 11.3 Å². The number of benzene rings is 2. The van der Waals surface area contributed by atoms with Gasteiger partial charge in [0.15, 0.2) is 5.28 Å². The van der Waals surface area contributed by atoms with Crippen molar-refractivity contribution in [1.29, 1.82) is 0 Å². The zero-order valence-corrected chi connectivity index (χ0v) is 17.5. The van der Waals surface area contributed by atoms with Crippen LogP contribution in [0, 0.1) is 6.92 Å². The minimum absolute atomic E-state index is 0.303. The SMILES string of the molecule is Cc1ccccc1NC(=O)c1ccc2c(c1)N(C(C)(C)P(=O)=O)C(=O)C2(C)C. The smallest absolute Gasteiger partial charge is 0.322 e. The number of carbonyl (C=O) groups excluding carboxylic acids is 2. The summed E-state index contributed by atoms with van der Waals surface area (Å²) in [7, 11) is -2.91. The largest absolute Gasteiger partial charge is 0.341 e. The number of rotatable bonds is 4. The molecular formula is C21H23N2O4P. The number of hydrogen-bond acceptors (Lipinski definition) is 4. The molecule has 0 spiro atoms. The van der Waals surface area contributed by atoms with Crippen molar-refractivity contribution in [1.82, 2.24) is 0 Å². The number of nitrogens with zero attached hydrogens (tertiary/aromatic N) is 1. The van der Waals surface area contributed by atoms with Crippen LogP contribution >= 0.6 is 7.68 Å². The van der Waals surface area contributed by atoms with Gasteiger partial charge < -0.3 is 5.32 Å². The number of carbonyl (C=O) groups is 2. The Morgan fingerprint density at radius 3 is 2.36 bits per heavy atom.